The average molecular weight is 391 g/mol. The van der Waals surface area contributed by atoms with Crippen molar-refractivity contribution in [2.45, 2.75) is 56.8 Å². The molecule has 0 bridgehead atoms. The number of aromatic amines is 1. The molecule has 0 aromatic carbocycles. The molecular weight excluding hydrogens is 366 g/mol. The maximum Gasteiger partial charge on any atom is 0.316 e. The van der Waals surface area contributed by atoms with Crippen molar-refractivity contribution in [3.63, 3.8) is 0 Å². The van der Waals surface area contributed by atoms with Gasteiger partial charge in [0, 0.05) is 19.2 Å². The minimum absolute atomic E-state index is 0.143. The van der Waals surface area contributed by atoms with Crippen LogP contribution in [-0.4, -0.2) is 68.8 Å². The molecule has 2 saturated heterocycles. The molecule has 3 atom stereocenters. The van der Waals surface area contributed by atoms with E-state index in [9.17, 15) is 19.2 Å². The predicted molar refractivity (Wildman–Crippen MR) is 97.7 cm³/mol. The third-order valence-electron chi connectivity index (χ3n) is 5.14. The molecule has 0 spiro atoms. The summed E-state index contributed by atoms with van der Waals surface area (Å²) in [4.78, 5) is 57.6. The molecule has 0 saturated carbocycles. The van der Waals surface area contributed by atoms with Gasteiger partial charge in [-0.1, -0.05) is 0 Å². The summed E-state index contributed by atoms with van der Waals surface area (Å²) in [6.07, 6.45) is 4.41. The molecule has 2 fully saturated rings. The first kappa shape index (κ1) is 19.6. The molecular formula is C17H25N7O4. The third-order valence-corrected chi connectivity index (χ3v) is 5.14. The number of hydrogen-bond donors (Lipinski definition) is 5. The molecule has 28 heavy (non-hydrogen) atoms. The zero-order valence-corrected chi connectivity index (χ0v) is 15.8. The quantitative estimate of drug-likeness (QED) is 0.393. The number of primary amides is 1. The molecule has 0 aliphatic carbocycles. The fourth-order valence-electron chi connectivity index (χ4n) is 3.70. The number of H-pyrrole nitrogens is 1. The molecule has 2 aliphatic heterocycles. The number of nitrogens with zero attached hydrogens (tertiary/aromatic N) is 2. The van der Waals surface area contributed by atoms with Gasteiger partial charge in [-0.05, 0) is 26.7 Å². The predicted octanol–water partition coefficient (Wildman–Crippen LogP) is -1.63. The molecule has 3 heterocycles. The minimum atomic E-state index is -0.941. The smallest absolute Gasteiger partial charge is 0.316 e. The summed E-state index contributed by atoms with van der Waals surface area (Å²) in [5, 5.41) is 7.94. The molecule has 152 valence electrons. The van der Waals surface area contributed by atoms with E-state index in [1.54, 1.807) is 20.0 Å². The van der Waals surface area contributed by atoms with Crippen molar-refractivity contribution in [1.82, 2.24) is 30.8 Å². The topological polar surface area (TPSA) is 162 Å². The Balaban J connectivity index is 1.79. The number of rotatable bonds is 6. The summed E-state index contributed by atoms with van der Waals surface area (Å²) >= 11 is 0. The molecule has 1 unspecified atom stereocenters. The lowest BCUT2D eigenvalue weighted by atomic mass is 9.95. The molecule has 1 aromatic heterocycles. The zero-order chi connectivity index (χ0) is 20.5. The maximum atomic E-state index is 13.1. The van der Waals surface area contributed by atoms with E-state index in [1.165, 1.54) is 11.2 Å². The molecule has 5 amide bonds. The monoisotopic (exact) mass is 391 g/mol. The van der Waals surface area contributed by atoms with Crippen LogP contribution in [-0.2, 0) is 20.8 Å². The first-order chi connectivity index (χ1) is 13.2. The number of carbonyl (C=O) groups is 4. The normalized spacial score (nSPS) is 24.4. The number of nitrogens with one attached hydrogen (secondary N) is 4. The summed E-state index contributed by atoms with van der Waals surface area (Å²) in [7, 11) is 0. The van der Waals surface area contributed by atoms with Gasteiger partial charge in [-0.3, -0.25) is 14.4 Å². The van der Waals surface area contributed by atoms with Crippen molar-refractivity contribution in [1.29, 1.82) is 0 Å². The van der Waals surface area contributed by atoms with Crippen LogP contribution >= 0.6 is 0 Å². The lowest BCUT2D eigenvalue weighted by Gasteiger charge is -2.30. The van der Waals surface area contributed by atoms with Gasteiger partial charge in [0.2, 0.25) is 17.7 Å². The Labute approximate surface area is 161 Å². The molecule has 6 N–H and O–H groups in total. The van der Waals surface area contributed by atoms with Crippen LogP contribution < -0.4 is 21.7 Å². The lowest BCUT2D eigenvalue weighted by Crippen LogP contribution is -2.59. The van der Waals surface area contributed by atoms with Gasteiger partial charge in [0.1, 0.15) is 18.1 Å². The van der Waals surface area contributed by atoms with Crippen molar-refractivity contribution in [2.24, 2.45) is 5.73 Å². The van der Waals surface area contributed by atoms with Gasteiger partial charge < -0.3 is 31.6 Å². The summed E-state index contributed by atoms with van der Waals surface area (Å²) in [6, 6.07) is -2.92. The number of aromatic nitrogens is 2. The van der Waals surface area contributed by atoms with Crippen LogP contribution in [0.4, 0.5) is 4.79 Å². The fraction of sp³-hybridized carbons (Fsp3) is 0.588. The molecule has 0 radical (unpaired) electrons. The van der Waals surface area contributed by atoms with Crippen molar-refractivity contribution in [2.75, 3.05) is 6.54 Å². The Morgan fingerprint density at radius 1 is 1.43 bits per heavy atom. The highest BCUT2D eigenvalue weighted by molar-refractivity contribution is 5.96. The van der Waals surface area contributed by atoms with Gasteiger partial charge in [0.05, 0.1) is 17.6 Å². The van der Waals surface area contributed by atoms with Crippen LogP contribution in [0.5, 0.6) is 0 Å². The first-order valence-electron chi connectivity index (χ1n) is 9.15. The van der Waals surface area contributed by atoms with E-state index in [4.69, 9.17) is 5.73 Å². The van der Waals surface area contributed by atoms with E-state index in [-0.39, 0.29) is 6.42 Å². The largest absolute Gasteiger partial charge is 0.368 e. The van der Waals surface area contributed by atoms with Gasteiger partial charge in [-0.25, -0.2) is 9.78 Å². The fourth-order valence-corrected chi connectivity index (χ4v) is 3.70. The second-order valence-electron chi connectivity index (χ2n) is 7.67. The van der Waals surface area contributed by atoms with Crippen LogP contribution in [0, 0.1) is 0 Å². The standard InChI is InChI=1S/C17H25N7O4/c1-17(2)12(22-16(28)23-17)14(26)21-10(6-9-7-19-8-20-9)15(27)24-5-3-4-11(24)13(18)25/h7-8,10-12H,3-6H2,1-2H3,(H2,18,25)(H,19,20)(H,21,26)(H2,22,23,28)/t10-,11-,12?/m0/s1. The number of hydrogen-bond acceptors (Lipinski definition) is 5. The Morgan fingerprint density at radius 2 is 2.18 bits per heavy atom. The first-order valence-corrected chi connectivity index (χ1v) is 9.15. The minimum Gasteiger partial charge on any atom is -0.368 e. The number of amides is 5. The van der Waals surface area contributed by atoms with E-state index >= 15 is 0 Å². The summed E-state index contributed by atoms with van der Waals surface area (Å²) in [5.74, 6) is -1.45. The average Bonchev–Trinajstić information content (AvgIpc) is 3.33. The van der Waals surface area contributed by atoms with E-state index in [0.717, 1.165) is 0 Å². The van der Waals surface area contributed by atoms with Crippen LogP contribution in [0.15, 0.2) is 12.5 Å². The number of nitrogens with two attached hydrogens (primary N) is 1. The van der Waals surface area contributed by atoms with Crippen molar-refractivity contribution in [3.05, 3.63) is 18.2 Å². The van der Waals surface area contributed by atoms with Crippen LogP contribution in [0.2, 0.25) is 0 Å². The Bertz CT molecular complexity index is 776. The molecule has 2 aliphatic rings. The molecule has 3 rings (SSSR count). The highest BCUT2D eigenvalue weighted by atomic mass is 16.2. The number of urea groups is 1. The molecule has 11 nitrogen and oxygen atoms in total. The second-order valence-corrected chi connectivity index (χ2v) is 7.67. The third kappa shape index (κ3) is 3.92. The molecule has 11 heteroatoms. The zero-order valence-electron chi connectivity index (χ0n) is 15.8. The second kappa shape index (κ2) is 7.49. The van der Waals surface area contributed by atoms with E-state index < -0.39 is 47.4 Å². The van der Waals surface area contributed by atoms with Gasteiger partial charge in [0.25, 0.3) is 0 Å². The summed E-state index contributed by atoms with van der Waals surface area (Å²) < 4.78 is 0. The molecule has 1 aromatic rings. The highest BCUT2D eigenvalue weighted by Crippen LogP contribution is 2.20. The summed E-state index contributed by atoms with van der Waals surface area (Å²) in [6.45, 7) is 3.82. The van der Waals surface area contributed by atoms with E-state index in [2.05, 4.69) is 25.9 Å². The summed E-state index contributed by atoms with van der Waals surface area (Å²) in [5.41, 5.74) is 5.19. The van der Waals surface area contributed by atoms with Crippen molar-refractivity contribution < 1.29 is 19.2 Å². The Hall–Kier alpha value is -3.11. The van der Waals surface area contributed by atoms with Crippen molar-refractivity contribution in [3.8, 4) is 0 Å². The number of carbonyl (C=O) groups excluding carboxylic acids is 4. The van der Waals surface area contributed by atoms with Crippen molar-refractivity contribution >= 4 is 23.8 Å². The van der Waals surface area contributed by atoms with E-state index in [1.807, 2.05) is 0 Å². The van der Waals surface area contributed by atoms with Gasteiger partial charge >= 0.3 is 6.03 Å². The highest BCUT2D eigenvalue weighted by Gasteiger charge is 2.45. The maximum absolute atomic E-state index is 13.1. The lowest BCUT2D eigenvalue weighted by molar-refractivity contribution is -0.141. The van der Waals surface area contributed by atoms with Gasteiger partial charge in [0.15, 0.2) is 0 Å². The number of imidazole rings is 1. The van der Waals surface area contributed by atoms with Crippen LogP contribution in [0.25, 0.3) is 0 Å². The Morgan fingerprint density at radius 3 is 2.75 bits per heavy atom. The van der Waals surface area contributed by atoms with E-state index in [0.29, 0.717) is 25.1 Å². The Kier molecular flexibility index (Phi) is 5.25. The van der Waals surface area contributed by atoms with Gasteiger partial charge in [-0.15, -0.1) is 0 Å². The van der Waals surface area contributed by atoms with Crippen LogP contribution in [0.3, 0.4) is 0 Å². The van der Waals surface area contributed by atoms with Crippen LogP contribution in [0.1, 0.15) is 32.4 Å². The number of likely N-dealkylation sites (tertiary alicyclic amines) is 1. The van der Waals surface area contributed by atoms with Gasteiger partial charge in [-0.2, -0.15) is 0 Å². The SMILES string of the molecule is CC1(C)NC(=O)NC1C(=O)N[C@@H](Cc1c[nH]cn1)C(=O)N1CCC[C@H]1C(N)=O.